The molecule has 0 aliphatic rings. The lowest BCUT2D eigenvalue weighted by molar-refractivity contribution is 1.23. The van der Waals surface area contributed by atoms with Crippen molar-refractivity contribution in [2.24, 2.45) is 0 Å². The lowest BCUT2D eigenvalue weighted by Gasteiger charge is -2.14. The van der Waals surface area contributed by atoms with Gasteiger partial charge in [0.2, 0.25) is 0 Å². The number of hydrogen-bond donors (Lipinski definition) is 0. The molecule has 0 heteroatoms. The van der Waals surface area contributed by atoms with Crippen LogP contribution in [0.5, 0.6) is 0 Å². The third-order valence-electron chi connectivity index (χ3n) is 3.94. The van der Waals surface area contributed by atoms with E-state index in [2.05, 4.69) is 86.6 Å². The Morgan fingerprint density at radius 1 is 0.714 bits per heavy atom. The van der Waals surface area contributed by atoms with Crippen LogP contribution >= 0.6 is 0 Å². The van der Waals surface area contributed by atoms with Crippen LogP contribution in [0.4, 0.5) is 0 Å². The molecule has 0 aliphatic carbocycles. The molecule has 0 amide bonds. The molecule has 3 aromatic carbocycles. The average molecular weight is 272 g/mol. The predicted molar refractivity (Wildman–Crippen MR) is 92.4 cm³/mol. The van der Waals surface area contributed by atoms with Gasteiger partial charge in [-0.1, -0.05) is 78.4 Å². The van der Waals surface area contributed by atoms with Gasteiger partial charge in [0, 0.05) is 0 Å². The largest absolute Gasteiger partial charge is 0.0723 e. The quantitative estimate of drug-likeness (QED) is 0.559. The molecule has 0 spiro atoms. The minimum atomic E-state index is 0.983. The van der Waals surface area contributed by atoms with E-state index in [-0.39, 0.29) is 0 Å². The second kappa shape index (κ2) is 5.97. The van der Waals surface area contributed by atoms with E-state index in [1.807, 2.05) is 0 Å². The number of fused-ring (bicyclic) bond motifs is 1. The minimum Gasteiger partial charge on any atom is -0.0723 e. The van der Waals surface area contributed by atoms with E-state index < -0.39 is 0 Å². The first-order valence-electron chi connectivity index (χ1n) is 7.44. The molecule has 0 N–H and O–H groups in total. The highest BCUT2D eigenvalue weighted by Gasteiger charge is 2.08. The highest BCUT2D eigenvalue weighted by Crippen LogP contribution is 2.29. The Morgan fingerprint density at radius 3 is 2.14 bits per heavy atom. The summed E-state index contributed by atoms with van der Waals surface area (Å²) in [5, 5.41) is 2.65. The molecular weight excluding hydrogens is 252 g/mol. The van der Waals surface area contributed by atoms with Crippen molar-refractivity contribution < 1.29 is 0 Å². The van der Waals surface area contributed by atoms with Crippen LogP contribution in [-0.2, 0) is 6.42 Å². The van der Waals surface area contributed by atoms with Crippen LogP contribution in [0.25, 0.3) is 16.3 Å². The van der Waals surface area contributed by atoms with E-state index in [0.29, 0.717) is 0 Å². The Hall–Kier alpha value is -2.34. The van der Waals surface area contributed by atoms with E-state index in [4.69, 9.17) is 0 Å². The fraction of sp³-hybridized carbons (Fsp3) is 0.143. The maximum absolute atomic E-state index is 2.24. The van der Waals surface area contributed by atoms with Crippen molar-refractivity contribution in [3.63, 3.8) is 0 Å². The molecule has 0 saturated carbocycles. The number of hydrogen-bond acceptors (Lipinski definition) is 0. The van der Waals surface area contributed by atoms with Gasteiger partial charge in [0.25, 0.3) is 0 Å². The van der Waals surface area contributed by atoms with Gasteiger partial charge in [0.15, 0.2) is 0 Å². The van der Waals surface area contributed by atoms with Crippen molar-refractivity contribution in [3.8, 4) is 0 Å². The van der Waals surface area contributed by atoms with E-state index in [1.54, 1.807) is 0 Å². The van der Waals surface area contributed by atoms with Gasteiger partial charge in [0.05, 0.1) is 0 Å². The average Bonchev–Trinajstić information content (AvgIpc) is 2.53. The fourth-order valence-corrected chi connectivity index (χ4v) is 2.83. The Morgan fingerprint density at radius 2 is 1.38 bits per heavy atom. The Kier molecular flexibility index (Phi) is 3.87. The van der Waals surface area contributed by atoms with Crippen LogP contribution in [0.15, 0.2) is 78.4 Å². The maximum atomic E-state index is 2.24. The number of benzene rings is 3. The van der Waals surface area contributed by atoms with Gasteiger partial charge in [-0.15, -0.1) is 0 Å². The van der Waals surface area contributed by atoms with Crippen molar-refractivity contribution in [1.29, 1.82) is 0 Å². The van der Waals surface area contributed by atoms with Crippen molar-refractivity contribution in [2.75, 3.05) is 0 Å². The molecular formula is C21H20. The molecule has 21 heavy (non-hydrogen) atoms. The third-order valence-corrected chi connectivity index (χ3v) is 3.94. The first-order chi connectivity index (χ1) is 10.3. The predicted octanol–water partition coefficient (Wildman–Crippen LogP) is 5.88. The lowest BCUT2D eigenvalue weighted by Crippen LogP contribution is -1.94. The number of rotatable bonds is 3. The highest BCUT2D eigenvalue weighted by atomic mass is 14.1. The van der Waals surface area contributed by atoms with Gasteiger partial charge in [0.1, 0.15) is 0 Å². The zero-order valence-corrected chi connectivity index (χ0v) is 12.6. The Bertz CT molecular complexity index is 770. The second-order valence-corrected chi connectivity index (χ2v) is 5.67. The summed E-state index contributed by atoms with van der Waals surface area (Å²) in [4.78, 5) is 0. The molecule has 0 saturated heterocycles. The van der Waals surface area contributed by atoms with Gasteiger partial charge in [-0.2, -0.15) is 0 Å². The van der Waals surface area contributed by atoms with Crippen LogP contribution in [0.2, 0.25) is 0 Å². The summed E-state index contributed by atoms with van der Waals surface area (Å²) in [6.45, 7) is 4.42. The van der Waals surface area contributed by atoms with Gasteiger partial charge in [-0.25, -0.2) is 0 Å². The van der Waals surface area contributed by atoms with Crippen LogP contribution < -0.4 is 0 Å². The van der Waals surface area contributed by atoms with Crippen molar-refractivity contribution in [3.05, 3.63) is 89.5 Å². The first kappa shape index (κ1) is 13.6. The fourth-order valence-electron chi connectivity index (χ4n) is 2.83. The Balaban J connectivity index is 2.11. The molecule has 0 aromatic heterocycles. The van der Waals surface area contributed by atoms with Crippen LogP contribution in [0.3, 0.4) is 0 Å². The SMILES string of the molecule is CC(C)=C(Cc1ccccc1)c1cccc2ccccc12. The molecule has 0 aliphatic heterocycles. The summed E-state index contributed by atoms with van der Waals surface area (Å²) in [5.74, 6) is 0. The third kappa shape index (κ3) is 2.90. The van der Waals surface area contributed by atoms with E-state index in [1.165, 1.54) is 33.0 Å². The van der Waals surface area contributed by atoms with Crippen molar-refractivity contribution in [1.82, 2.24) is 0 Å². The maximum Gasteiger partial charge on any atom is -0.00203 e. The van der Waals surface area contributed by atoms with Gasteiger partial charge >= 0.3 is 0 Å². The van der Waals surface area contributed by atoms with E-state index in [9.17, 15) is 0 Å². The molecule has 104 valence electrons. The molecule has 3 aromatic rings. The molecule has 3 rings (SSSR count). The van der Waals surface area contributed by atoms with Crippen LogP contribution in [-0.4, -0.2) is 0 Å². The van der Waals surface area contributed by atoms with E-state index in [0.717, 1.165) is 6.42 Å². The molecule has 0 nitrogen and oxygen atoms in total. The monoisotopic (exact) mass is 272 g/mol. The van der Waals surface area contributed by atoms with Crippen molar-refractivity contribution >= 4 is 16.3 Å². The van der Waals surface area contributed by atoms with Crippen LogP contribution in [0.1, 0.15) is 25.0 Å². The normalized spacial score (nSPS) is 10.6. The standard InChI is InChI=1S/C21H20/c1-16(2)21(15-17-9-4-3-5-10-17)20-14-8-12-18-11-6-7-13-19(18)20/h3-14H,15H2,1-2H3. The smallest absolute Gasteiger partial charge is 0.00203 e. The molecule has 0 atom stereocenters. The summed E-state index contributed by atoms with van der Waals surface area (Å²) in [6, 6.07) is 25.9. The van der Waals surface area contributed by atoms with Crippen LogP contribution in [0, 0.1) is 0 Å². The van der Waals surface area contributed by atoms with Gasteiger partial charge in [-0.3, -0.25) is 0 Å². The van der Waals surface area contributed by atoms with Gasteiger partial charge < -0.3 is 0 Å². The second-order valence-electron chi connectivity index (χ2n) is 5.67. The lowest BCUT2D eigenvalue weighted by atomic mass is 9.91. The molecule has 0 radical (unpaired) electrons. The summed E-state index contributed by atoms with van der Waals surface area (Å²) in [5.41, 5.74) is 5.53. The van der Waals surface area contributed by atoms with E-state index >= 15 is 0 Å². The molecule has 0 heterocycles. The highest BCUT2D eigenvalue weighted by molar-refractivity contribution is 5.94. The minimum absolute atomic E-state index is 0.983. The molecule has 0 unspecified atom stereocenters. The zero-order valence-electron chi connectivity index (χ0n) is 12.6. The zero-order chi connectivity index (χ0) is 14.7. The first-order valence-corrected chi connectivity index (χ1v) is 7.44. The summed E-state index contributed by atoms with van der Waals surface area (Å²) >= 11 is 0. The molecule has 0 fully saturated rings. The summed E-state index contributed by atoms with van der Waals surface area (Å²) in [7, 11) is 0. The summed E-state index contributed by atoms with van der Waals surface area (Å²) in [6.07, 6.45) is 0.983. The molecule has 0 bridgehead atoms. The number of allylic oxidation sites excluding steroid dienone is 2. The topological polar surface area (TPSA) is 0 Å². The summed E-state index contributed by atoms with van der Waals surface area (Å²) < 4.78 is 0. The van der Waals surface area contributed by atoms with Crippen molar-refractivity contribution in [2.45, 2.75) is 20.3 Å². The Labute approximate surface area is 126 Å². The van der Waals surface area contributed by atoms with Gasteiger partial charge in [-0.05, 0) is 47.7 Å².